The second kappa shape index (κ2) is 3.70. The average Bonchev–Trinajstić information content (AvgIpc) is 2.80. The lowest BCUT2D eigenvalue weighted by atomic mass is 9.85. The Morgan fingerprint density at radius 1 is 1.18 bits per heavy atom. The van der Waals surface area contributed by atoms with E-state index in [0.717, 1.165) is 12.0 Å². The molecule has 1 aliphatic heterocycles. The molecule has 0 saturated carbocycles. The zero-order valence-corrected chi connectivity index (χ0v) is 9.82. The fourth-order valence-corrected chi connectivity index (χ4v) is 2.68. The summed E-state index contributed by atoms with van der Waals surface area (Å²) >= 11 is 0. The predicted molar refractivity (Wildman–Crippen MR) is 70.0 cm³/mol. The molecule has 3 heteroatoms. The van der Waals surface area contributed by atoms with E-state index >= 15 is 0 Å². The minimum atomic E-state index is -0.619. The second-order valence-electron chi connectivity index (χ2n) is 4.92. The van der Waals surface area contributed by atoms with Gasteiger partial charge in [0.1, 0.15) is 5.54 Å². The Kier molecular flexibility index (Phi) is 2.30. The number of nitrogens with zero attached hydrogens (tertiary/aromatic N) is 1. The number of allylic oxidation sites excluding steroid dienone is 1. The summed E-state index contributed by atoms with van der Waals surface area (Å²) in [4.78, 5) is 4.24. The van der Waals surface area contributed by atoms with Gasteiger partial charge < -0.3 is 11.5 Å². The molecule has 0 spiro atoms. The van der Waals surface area contributed by atoms with Gasteiger partial charge in [0, 0.05) is 11.9 Å². The predicted octanol–water partition coefficient (Wildman–Crippen LogP) is 1.26. The van der Waals surface area contributed by atoms with E-state index in [1.165, 1.54) is 24.0 Å². The van der Waals surface area contributed by atoms with E-state index in [2.05, 4.69) is 23.2 Å². The van der Waals surface area contributed by atoms with Crippen molar-refractivity contribution in [1.82, 2.24) is 0 Å². The zero-order chi connectivity index (χ0) is 11.9. The molecule has 1 heterocycles. The maximum Gasteiger partial charge on any atom is 0.101 e. The van der Waals surface area contributed by atoms with Gasteiger partial charge in [-0.05, 0) is 42.0 Å². The summed E-state index contributed by atoms with van der Waals surface area (Å²) < 4.78 is 0. The van der Waals surface area contributed by atoms with Crippen LogP contribution >= 0.6 is 0 Å². The Balaban J connectivity index is 2.04. The first-order valence-corrected chi connectivity index (χ1v) is 6.07. The number of aliphatic imine (C=N–C) groups is 1. The van der Waals surface area contributed by atoms with Gasteiger partial charge in [-0.15, -0.1) is 0 Å². The van der Waals surface area contributed by atoms with Crippen molar-refractivity contribution < 1.29 is 0 Å². The van der Waals surface area contributed by atoms with Crippen molar-refractivity contribution in [2.45, 2.75) is 24.8 Å². The quantitative estimate of drug-likeness (QED) is 0.758. The maximum absolute atomic E-state index is 6.41. The number of hydrogen-bond donors (Lipinski definition) is 2. The molecule has 0 amide bonds. The number of fused-ring (bicyclic) bond motifs is 1. The molecule has 0 bridgehead atoms. The molecular formula is C14H17N3. The standard InChI is InChI=1S/C14H17N3/c15-13-6-7-17-9-14(13,16)12-5-4-10-2-1-3-11(10)8-12/h4-8H,1-3,9,15-16H2. The van der Waals surface area contributed by atoms with Gasteiger partial charge in [0.2, 0.25) is 0 Å². The summed E-state index contributed by atoms with van der Waals surface area (Å²) in [5, 5.41) is 0. The molecule has 0 fully saturated rings. The first kappa shape index (κ1) is 10.5. The number of aryl methyl sites for hydroxylation is 2. The lowest BCUT2D eigenvalue weighted by Crippen LogP contribution is -2.46. The van der Waals surface area contributed by atoms with Gasteiger partial charge in [0.05, 0.1) is 6.54 Å². The van der Waals surface area contributed by atoms with Crippen molar-refractivity contribution in [2.75, 3.05) is 6.54 Å². The van der Waals surface area contributed by atoms with Gasteiger partial charge in [0.25, 0.3) is 0 Å². The minimum Gasteiger partial charge on any atom is -0.400 e. The largest absolute Gasteiger partial charge is 0.400 e. The van der Waals surface area contributed by atoms with Crippen LogP contribution in [0.2, 0.25) is 0 Å². The summed E-state index contributed by atoms with van der Waals surface area (Å²) in [5.74, 6) is 0. The van der Waals surface area contributed by atoms with Crippen molar-refractivity contribution >= 4 is 6.21 Å². The lowest BCUT2D eigenvalue weighted by molar-refractivity contribution is 0.529. The molecule has 1 aliphatic carbocycles. The van der Waals surface area contributed by atoms with Crippen molar-refractivity contribution in [1.29, 1.82) is 0 Å². The SMILES string of the molecule is NC1=CC=NCC1(N)c1ccc2c(c1)CCC2. The Bertz CT molecular complexity index is 516. The average molecular weight is 227 g/mol. The van der Waals surface area contributed by atoms with Gasteiger partial charge >= 0.3 is 0 Å². The van der Waals surface area contributed by atoms with Gasteiger partial charge in [-0.1, -0.05) is 18.2 Å². The molecule has 1 unspecified atom stereocenters. The number of benzene rings is 1. The molecule has 3 nitrogen and oxygen atoms in total. The minimum absolute atomic E-state index is 0.536. The third-order valence-electron chi connectivity index (χ3n) is 3.83. The summed E-state index contributed by atoms with van der Waals surface area (Å²) in [6, 6.07) is 6.51. The fraction of sp³-hybridized carbons (Fsp3) is 0.357. The van der Waals surface area contributed by atoms with E-state index in [4.69, 9.17) is 11.5 Å². The van der Waals surface area contributed by atoms with E-state index in [0.29, 0.717) is 12.2 Å². The number of hydrogen-bond acceptors (Lipinski definition) is 3. The van der Waals surface area contributed by atoms with Gasteiger partial charge in [-0.3, -0.25) is 4.99 Å². The van der Waals surface area contributed by atoms with Crippen LogP contribution in [-0.4, -0.2) is 12.8 Å². The van der Waals surface area contributed by atoms with Crippen molar-refractivity contribution in [3.05, 3.63) is 46.7 Å². The molecular weight excluding hydrogens is 210 g/mol. The highest BCUT2D eigenvalue weighted by atomic mass is 14.9. The van der Waals surface area contributed by atoms with Crippen LogP contribution in [0.1, 0.15) is 23.1 Å². The van der Waals surface area contributed by atoms with Crippen LogP contribution < -0.4 is 11.5 Å². The third-order valence-corrected chi connectivity index (χ3v) is 3.83. The van der Waals surface area contributed by atoms with Crippen molar-refractivity contribution in [3.8, 4) is 0 Å². The lowest BCUT2D eigenvalue weighted by Gasteiger charge is -2.31. The molecule has 2 aliphatic rings. The van der Waals surface area contributed by atoms with Crippen molar-refractivity contribution in [2.24, 2.45) is 16.5 Å². The molecule has 0 saturated heterocycles. The first-order valence-electron chi connectivity index (χ1n) is 6.07. The topological polar surface area (TPSA) is 64.4 Å². The van der Waals surface area contributed by atoms with Crippen LogP contribution in [0.5, 0.6) is 0 Å². The van der Waals surface area contributed by atoms with Crippen LogP contribution in [0.4, 0.5) is 0 Å². The molecule has 4 N–H and O–H groups in total. The van der Waals surface area contributed by atoms with Crippen LogP contribution in [0.15, 0.2) is 35.0 Å². The fourth-order valence-electron chi connectivity index (χ4n) is 2.68. The third kappa shape index (κ3) is 1.58. The Labute approximate surface area is 101 Å². The smallest absolute Gasteiger partial charge is 0.101 e. The molecule has 17 heavy (non-hydrogen) atoms. The van der Waals surface area contributed by atoms with Gasteiger partial charge in [0.15, 0.2) is 0 Å². The summed E-state index contributed by atoms with van der Waals surface area (Å²) in [5.41, 5.74) is 16.5. The molecule has 1 atom stereocenters. The molecule has 88 valence electrons. The van der Waals surface area contributed by atoms with Gasteiger partial charge in [-0.2, -0.15) is 0 Å². The zero-order valence-electron chi connectivity index (χ0n) is 9.82. The maximum atomic E-state index is 6.41. The summed E-state index contributed by atoms with van der Waals surface area (Å²) in [7, 11) is 0. The molecule has 1 aromatic carbocycles. The first-order chi connectivity index (χ1) is 8.20. The van der Waals surface area contributed by atoms with E-state index in [-0.39, 0.29) is 0 Å². The van der Waals surface area contributed by atoms with E-state index in [1.54, 1.807) is 12.3 Å². The number of nitrogens with two attached hydrogens (primary N) is 2. The van der Waals surface area contributed by atoms with E-state index < -0.39 is 5.54 Å². The summed E-state index contributed by atoms with van der Waals surface area (Å²) in [6.45, 7) is 0.536. The highest BCUT2D eigenvalue weighted by Gasteiger charge is 2.32. The van der Waals surface area contributed by atoms with Crippen LogP contribution in [-0.2, 0) is 18.4 Å². The van der Waals surface area contributed by atoms with Gasteiger partial charge in [-0.25, -0.2) is 0 Å². The number of dihydropyridines is 1. The Morgan fingerprint density at radius 2 is 2.00 bits per heavy atom. The Hall–Kier alpha value is -1.61. The number of rotatable bonds is 1. The molecule has 0 radical (unpaired) electrons. The molecule has 1 aromatic rings. The summed E-state index contributed by atoms with van der Waals surface area (Å²) in [6.07, 6.45) is 7.13. The Morgan fingerprint density at radius 3 is 2.82 bits per heavy atom. The second-order valence-corrected chi connectivity index (χ2v) is 4.92. The normalized spacial score (nSPS) is 26.8. The van der Waals surface area contributed by atoms with E-state index in [1.807, 2.05) is 0 Å². The monoisotopic (exact) mass is 227 g/mol. The van der Waals surface area contributed by atoms with E-state index in [9.17, 15) is 0 Å². The highest BCUT2D eigenvalue weighted by Crippen LogP contribution is 2.30. The molecule has 3 rings (SSSR count). The van der Waals surface area contributed by atoms with Crippen LogP contribution in [0.3, 0.4) is 0 Å². The van der Waals surface area contributed by atoms with Crippen LogP contribution in [0, 0.1) is 0 Å². The highest BCUT2D eigenvalue weighted by molar-refractivity contribution is 5.74. The van der Waals surface area contributed by atoms with Crippen molar-refractivity contribution in [3.63, 3.8) is 0 Å². The van der Waals surface area contributed by atoms with Crippen LogP contribution in [0.25, 0.3) is 0 Å². The molecule has 0 aromatic heterocycles.